The Kier molecular flexibility index (Phi) is 9.49. The quantitative estimate of drug-likeness (QED) is 0.463. The fourth-order valence-corrected chi connectivity index (χ4v) is 4.08. The van der Waals surface area contributed by atoms with Crippen LogP contribution in [0.4, 0.5) is 5.69 Å². The average molecular weight is 470 g/mol. The number of aryl methyl sites for hydroxylation is 1. The van der Waals surface area contributed by atoms with Gasteiger partial charge in [-0.1, -0.05) is 37.1 Å². The molecule has 0 atom stereocenters. The molecule has 3 rings (SSSR count). The molecule has 0 spiro atoms. The molecule has 1 aliphatic heterocycles. The molecule has 6 heteroatoms. The van der Waals surface area contributed by atoms with Crippen molar-refractivity contribution in [2.75, 3.05) is 32.1 Å². The molecule has 1 amide bonds. The molecule has 5 nitrogen and oxygen atoms in total. The lowest BCUT2D eigenvalue weighted by molar-refractivity contribution is -0.132. The number of unbranched alkanes of at least 4 members (excludes halogenated alkanes) is 1. The van der Waals surface area contributed by atoms with Crippen LogP contribution in [0.1, 0.15) is 43.7 Å². The highest BCUT2D eigenvalue weighted by atomic mass is 35.5. The fourth-order valence-electron chi connectivity index (χ4n) is 3.96. The zero-order valence-electron chi connectivity index (χ0n) is 20.0. The van der Waals surface area contributed by atoms with Gasteiger partial charge in [-0.2, -0.15) is 0 Å². The molecule has 0 bridgehead atoms. The number of likely N-dealkylation sites (tertiary alicyclic amines) is 1. The first-order chi connectivity index (χ1) is 16.0. The number of hydrogen-bond acceptors (Lipinski definition) is 4. The Bertz CT molecular complexity index is 935. The molecular weight excluding hydrogens is 434 g/mol. The summed E-state index contributed by atoms with van der Waals surface area (Å²) in [6, 6.07) is 13.9. The van der Waals surface area contributed by atoms with Crippen LogP contribution in [0.3, 0.4) is 0 Å². The van der Waals surface area contributed by atoms with Gasteiger partial charge in [0.2, 0.25) is 5.91 Å². The number of halogens is 1. The molecule has 2 aromatic carbocycles. The van der Waals surface area contributed by atoms with E-state index in [4.69, 9.17) is 16.3 Å². The van der Waals surface area contributed by atoms with Crippen molar-refractivity contribution in [3.63, 3.8) is 0 Å². The molecule has 1 aliphatic rings. The second kappa shape index (κ2) is 12.5. The summed E-state index contributed by atoms with van der Waals surface area (Å²) in [6.07, 6.45) is 6.70. The molecule has 1 saturated heterocycles. The molecule has 0 radical (unpaired) electrons. The third kappa shape index (κ3) is 7.71. The monoisotopic (exact) mass is 469 g/mol. The van der Waals surface area contributed by atoms with Gasteiger partial charge in [-0.05, 0) is 79.6 Å². The lowest BCUT2D eigenvalue weighted by Gasteiger charge is -2.32. The van der Waals surface area contributed by atoms with Gasteiger partial charge in [0.25, 0.3) is 0 Å². The smallest absolute Gasteiger partial charge is 0.226 e. The molecule has 0 aliphatic carbocycles. The van der Waals surface area contributed by atoms with Crippen LogP contribution in [0.25, 0.3) is 0 Å². The Morgan fingerprint density at radius 1 is 1.18 bits per heavy atom. The van der Waals surface area contributed by atoms with Crippen LogP contribution < -0.4 is 15.4 Å². The minimum atomic E-state index is 0.188. The third-order valence-corrected chi connectivity index (χ3v) is 6.49. The summed E-state index contributed by atoms with van der Waals surface area (Å²) >= 11 is 6.09. The van der Waals surface area contributed by atoms with E-state index in [2.05, 4.69) is 23.6 Å². The lowest BCUT2D eigenvalue weighted by atomic mass is 9.97. The van der Waals surface area contributed by atoms with Crippen molar-refractivity contribution in [2.45, 2.75) is 46.0 Å². The van der Waals surface area contributed by atoms with Crippen LogP contribution >= 0.6 is 11.6 Å². The second-order valence-electron chi connectivity index (χ2n) is 8.70. The Labute approximate surface area is 203 Å². The molecule has 0 saturated carbocycles. The van der Waals surface area contributed by atoms with Gasteiger partial charge in [0.15, 0.2) is 0 Å². The summed E-state index contributed by atoms with van der Waals surface area (Å²) in [5.41, 5.74) is 3.06. The van der Waals surface area contributed by atoms with Gasteiger partial charge in [0.05, 0.1) is 18.8 Å². The first-order valence-electron chi connectivity index (χ1n) is 11.9. The van der Waals surface area contributed by atoms with E-state index in [1.807, 2.05) is 61.3 Å². The van der Waals surface area contributed by atoms with Crippen LogP contribution in [0.2, 0.25) is 5.02 Å². The minimum absolute atomic E-state index is 0.188. The molecular formula is C27H36ClN3O2. The van der Waals surface area contributed by atoms with Crippen molar-refractivity contribution in [2.24, 2.45) is 5.92 Å². The number of nitrogens with zero attached hydrogens (tertiary/aromatic N) is 1. The number of benzene rings is 2. The number of rotatable bonds is 10. The summed E-state index contributed by atoms with van der Waals surface area (Å²) in [5, 5.41) is 7.31. The molecule has 0 aromatic heterocycles. The topological polar surface area (TPSA) is 53.6 Å². The Morgan fingerprint density at radius 2 is 1.91 bits per heavy atom. The van der Waals surface area contributed by atoms with E-state index >= 15 is 0 Å². The zero-order valence-corrected chi connectivity index (χ0v) is 20.8. The van der Waals surface area contributed by atoms with E-state index < -0.39 is 0 Å². The van der Waals surface area contributed by atoms with Gasteiger partial charge in [-0.15, -0.1) is 0 Å². The highest BCUT2D eigenvalue weighted by Gasteiger charge is 2.23. The number of allylic oxidation sites excluding steroid dienone is 1. The number of ether oxygens (including phenoxy) is 1. The van der Waals surface area contributed by atoms with Gasteiger partial charge in [0.1, 0.15) is 5.75 Å². The molecule has 2 N–H and O–H groups in total. The van der Waals surface area contributed by atoms with Crippen molar-refractivity contribution in [3.05, 3.63) is 70.5 Å². The van der Waals surface area contributed by atoms with E-state index in [0.717, 1.165) is 72.2 Å². The second-order valence-corrected chi connectivity index (χ2v) is 9.11. The molecule has 2 aromatic rings. The minimum Gasteiger partial charge on any atom is -0.493 e. The number of anilines is 1. The number of amides is 1. The molecule has 1 heterocycles. The normalized spacial score (nSPS) is 14.8. The lowest BCUT2D eigenvalue weighted by Crippen LogP contribution is -2.40. The summed E-state index contributed by atoms with van der Waals surface area (Å²) in [5.74, 6) is 2.55. The van der Waals surface area contributed by atoms with Gasteiger partial charge in [-0.3, -0.25) is 4.79 Å². The first-order valence-corrected chi connectivity index (χ1v) is 12.3. The van der Waals surface area contributed by atoms with E-state index in [9.17, 15) is 4.79 Å². The molecule has 178 valence electrons. The maximum Gasteiger partial charge on any atom is 0.226 e. The van der Waals surface area contributed by atoms with Crippen LogP contribution in [0.5, 0.6) is 5.75 Å². The van der Waals surface area contributed by atoms with Crippen molar-refractivity contribution in [3.8, 4) is 5.75 Å². The van der Waals surface area contributed by atoms with Gasteiger partial charge in [-0.25, -0.2) is 0 Å². The standard InChI is InChI=1S/C27H36ClN3O2/c1-4-5-6-26(29-3)30-23-8-10-24(11-9-23)33-19-21-13-15-31(16-14-21)27(32)18-22-7-12-25(28)20(2)17-22/h6-12,17,21,29-30H,4-5,13-16,18-19H2,1-3H3/b26-6-. The summed E-state index contributed by atoms with van der Waals surface area (Å²) < 4.78 is 6.04. The van der Waals surface area contributed by atoms with Gasteiger partial charge < -0.3 is 20.3 Å². The van der Waals surface area contributed by atoms with Crippen molar-refractivity contribution in [1.29, 1.82) is 0 Å². The Hall–Kier alpha value is -2.66. The van der Waals surface area contributed by atoms with Crippen LogP contribution in [-0.4, -0.2) is 37.6 Å². The van der Waals surface area contributed by atoms with Crippen molar-refractivity contribution in [1.82, 2.24) is 10.2 Å². The van der Waals surface area contributed by atoms with E-state index in [1.165, 1.54) is 0 Å². The maximum absolute atomic E-state index is 12.7. The Balaban J connectivity index is 1.41. The SMILES string of the molecule is CCC/C=C(/NC)Nc1ccc(OCC2CCN(C(=O)Cc3ccc(Cl)c(C)c3)CC2)cc1. The highest BCUT2D eigenvalue weighted by Crippen LogP contribution is 2.23. The van der Waals surface area contributed by atoms with Gasteiger partial charge in [0, 0.05) is 30.8 Å². The summed E-state index contributed by atoms with van der Waals surface area (Å²) in [4.78, 5) is 14.7. The van der Waals surface area contributed by atoms with Crippen LogP contribution in [0.15, 0.2) is 54.4 Å². The molecule has 33 heavy (non-hydrogen) atoms. The predicted molar refractivity (Wildman–Crippen MR) is 137 cm³/mol. The molecule has 1 fully saturated rings. The largest absolute Gasteiger partial charge is 0.493 e. The number of nitrogens with one attached hydrogen (secondary N) is 2. The number of carbonyl (C=O) groups excluding carboxylic acids is 1. The number of carbonyl (C=O) groups is 1. The van der Waals surface area contributed by atoms with Crippen LogP contribution in [0, 0.1) is 12.8 Å². The van der Waals surface area contributed by atoms with E-state index in [1.54, 1.807) is 0 Å². The highest BCUT2D eigenvalue weighted by molar-refractivity contribution is 6.31. The van der Waals surface area contributed by atoms with E-state index in [-0.39, 0.29) is 5.91 Å². The van der Waals surface area contributed by atoms with Gasteiger partial charge >= 0.3 is 0 Å². The van der Waals surface area contributed by atoms with E-state index in [0.29, 0.717) is 18.9 Å². The Morgan fingerprint density at radius 3 is 2.55 bits per heavy atom. The fraction of sp³-hybridized carbons (Fsp3) is 0.444. The summed E-state index contributed by atoms with van der Waals surface area (Å²) in [6.45, 7) is 6.40. The molecule has 0 unspecified atom stereocenters. The average Bonchev–Trinajstić information content (AvgIpc) is 2.83. The first kappa shape index (κ1) is 25.0. The summed E-state index contributed by atoms with van der Waals surface area (Å²) in [7, 11) is 1.92. The number of piperidine rings is 1. The van der Waals surface area contributed by atoms with Crippen molar-refractivity contribution < 1.29 is 9.53 Å². The third-order valence-electron chi connectivity index (χ3n) is 6.07. The van der Waals surface area contributed by atoms with Crippen LogP contribution in [-0.2, 0) is 11.2 Å². The predicted octanol–water partition coefficient (Wildman–Crippen LogP) is 5.78. The zero-order chi connectivity index (χ0) is 23.6. The van der Waals surface area contributed by atoms with Crippen molar-refractivity contribution >= 4 is 23.2 Å². The number of hydrogen-bond donors (Lipinski definition) is 2. The maximum atomic E-state index is 12.7.